The second kappa shape index (κ2) is 3.66. The van der Waals surface area contributed by atoms with Crippen molar-refractivity contribution in [3.8, 4) is 5.69 Å². The lowest BCUT2D eigenvalue weighted by Crippen LogP contribution is -2.35. The van der Waals surface area contributed by atoms with Crippen LogP contribution in [0.4, 0.5) is 0 Å². The van der Waals surface area contributed by atoms with Gasteiger partial charge in [-0.2, -0.15) is 5.10 Å². The van der Waals surface area contributed by atoms with Gasteiger partial charge < -0.3 is 0 Å². The van der Waals surface area contributed by atoms with Crippen LogP contribution in [0.15, 0.2) is 40.4 Å². The number of aromatic nitrogens is 5. The van der Waals surface area contributed by atoms with Gasteiger partial charge in [0.2, 0.25) is 0 Å². The summed E-state index contributed by atoms with van der Waals surface area (Å²) in [6.45, 7) is 0. The van der Waals surface area contributed by atoms with E-state index in [0.29, 0.717) is 16.5 Å². The number of hydrogen-bond acceptors (Lipinski definition) is 4. The molecule has 90 valence electrons. The molecule has 3 rings (SSSR count). The minimum Gasteiger partial charge on any atom is -0.283 e. The van der Waals surface area contributed by atoms with E-state index in [1.807, 2.05) is 0 Å². The third-order valence-electron chi connectivity index (χ3n) is 2.80. The van der Waals surface area contributed by atoms with Crippen molar-refractivity contribution in [2.24, 2.45) is 7.05 Å². The Labute approximate surface area is 100 Å². The number of aromatic amines is 1. The fourth-order valence-electron chi connectivity index (χ4n) is 1.92. The van der Waals surface area contributed by atoms with Gasteiger partial charge in [0, 0.05) is 25.6 Å². The normalized spacial score (nSPS) is 10.9. The van der Waals surface area contributed by atoms with Crippen molar-refractivity contribution >= 4 is 10.8 Å². The zero-order valence-corrected chi connectivity index (χ0v) is 9.49. The summed E-state index contributed by atoms with van der Waals surface area (Å²) >= 11 is 0. The molecule has 0 saturated carbocycles. The van der Waals surface area contributed by atoms with Crippen molar-refractivity contribution in [2.75, 3.05) is 0 Å². The van der Waals surface area contributed by atoms with E-state index >= 15 is 0 Å². The van der Waals surface area contributed by atoms with Gasteiger partial charge in [0.25, 0.3) is 11.1 Å². The third kappa shape index (κ3) is 1.30. The molecule has 0 fully saturated rings. The Morgan fingerprint density at radius 3 is 2.72 bits per heavy atom. The molecule has 0 aliphatic carbocycles. The highest BCUT2D eigenvalue weighted by atomic mass is 16.2. The molecule has 0 bridgehead atoms. The molecule has 0 radical (unpaired) electrons. The highest BCUT2D eigenvalue weighted by Crippen LogP contribution is 2.04. The standard InChI is InChI=1S/C11H9N5O2/c1-15-10(17)9-6-12-3-2-8(9)11(18)16(15)7-4-13-14-5-7/h2-6H,1H3,(H,13,14). The number of nitrogens with zero attached hydrogens (tertiary/aromatic N) is 4. The first-order valence-electron chi connectivity index (χ1n) is 5.25. The summed E-state index contributed by atoms with van der Waals surface area (Å²) in [7, 11) is 1.53. The highest BCUT2D eigenvalue weighted by Gasteiger charge is 2.12. The maximum atomic E-state index is 12.3. The zero-order valence-electron chi connectivity index (χ0n) is 9.49. The third-order valence-corrected chi connectivity index (χ3v) is 2.80. The van der Waals surface area contributed by atoms with Gasteiger partial charge in [-0.15, -0.1) is 0 Å². The number of H-pyrrole nitrogens is 1. The number of fused-ring (bicyclic) bond motifs is 1. The molecular formula is C11H9N5O2. The molecular weight excluding hydrogens is 234 g/mol. The van der Waals surface area contributed by atoms with Crippen LogP contribution in [0.5, 0.6) is 0 Å². The Balaban J connectivity index is 2.55. The molecule has 0 aliphatic heterocycles. The van der Waals surface area contributed by atoms with Crippen LogP contribution in [0.1, 0.15) is 0 Å². The van der Waals surface area contributed by atoms with Gasteiger partial charge in [-0.25, -0.2) is 9.36 Å². The molecule has 18 heavy (non-hydrogen) atoms. The molecule has 0 saturated heterocycles. The van der Waals surface area contributed by atoms with Crippen LogP contribution in [0.25, 0.3) is 16.5 Å². The van der Waals surface area contributed by atoms with Crippen molar-refractivity contribution < 1.29 is 0 Å². The Bertz CT molecular complexity index is 829. The summed E-state index contributed by atoms with van der Waals surface area (Å²) < 4.78 is 2.52. The average Bonchev–Trinajstić information content (AvgIpc) is 2.90. The predicted octanol–water partition coefficient (Wildman–Crippen LogP) is -0.193. The summed E-state index contributed by atoms with van der Waals surface area (Å²) in [5.41, 5.74) is -0.0480. The van der Waals surface area contributed by atoms with E-state index in [9.17, 15) is 9.59 Å². The lowest BCUT2D eigenvalue weighted by molar-refractivity contribution is 0.604. The molecule has 0 amide bonds. The predicted molar refractivity (Wildman–Crippen MR) is 64.7 cm³/mol. The summed E-state index contributed by atoms with van der Waals surface area (Å²) in [4.78, 5) is 28.3. The Morgan fingerprint density at radius 2 is 2.00 bits per heavy atom. The van der Waals surface area contributed by atoms with Gasteiger partial charge >= 0.3 is 0 Å². The second-order valence-electron chi connectivity index (χ2n) is 3.82. The molecule has 7 heteroatoms. The zero-order chi connectivity index (χ0) is 12.7. The maximum absolute atomic E-state index is 12.3. The molecule has 1 N–H and O–H groups in total. The SMILES string of the molecule is Cn1c(=O)c2cnccc2c(=O)n1-c1cn[nH]c1. The number of rotatable bonds is 1. The summed E-state index contributed by atoms with van der Waals surface area (Å²) in [5, 5.41) is 7.04. The van der Waals surface area contributed by atoms with Crippen LogP contribution in [-0.4, -0.2) is 24.5 Å². The maximum Gasteiger partial charge on any atom is 0.278 e. The highest BCUT2D eigenvalue weighted by molar-refractivity contribution is 5.79. The topological polar surface area (TPSA) is 85.6 Å². The number of hydrogen-bond donors (Lipinski definition) is 1. The van der Waals surface area contributed by atoms with Crippen molar-refractivity contribution in [3.63, 3.8) is 0 Å². The summed E-state index contributed by atoms with van der Waals surface area (Å²) in [6, 6.07) is 1.54. The van der Waals surface area contributed by atoms with E-state index in [0.717, 1.165) is 0 Å². The van der Waals surface area contributed by atoms with E-state index in [1.165, 1.54) is 41.1 Å². The molecule has 0 unspecified atom stereocenters. The molecule has 0 spiro atoms. The van der Waals surface area contributed by atoms with E-state index in [1.54, 1.807) is 6.20 Å². The fraction of sp³-hybridized carbons (Fsp3) is 0.0909. The van der Waals surface area contributed by atoms with Crippen LogP contribution in [-0.2, 0) is 7.05 Å². The first kappa shape index (κ1) is 10.5. The van der Waals surface area contributed by atoms with E-state index in [-0.39, 0.29) is 11.1 Å². The largest absolute Gasteiger partial charge is 0.283 e. The lowest BCUT2D eigenvalue weighted by Gasteiger charge is -2.10. The van der Waals surface area contributed by atoms with Gasteiger partial charge in [0.1, 0.15) is 5.69 Å². The summed E-state index contributed by atoms with van der Waals surface area (Å²) in [5.74, 6) is 0. The van der Waals surface area contributed by atoms with Gasteiger partial charge in [-0.3, -0.25) is 19.7 Å². The van der Waals surface area contributed by atoms with Gasteiger partial charge in [0.05, 0.1) is 17.0 Å². The number of nitrogens with one attached hydrogen (secondary N) is 1. The molecule has 0 aliphatic rings. The lowest BCUT2D eigenvalue weighted by atomic mass is 10.2. The Morgan fingerprint density at radius 1 is 1.17 bits per heavy atom. The van der Waals surface area contributed by atoms with Crippen molar-refractivity contribution in [1.29, 1.82) is 0 Å². The summed E-state index contributed by atoms with van der Waals surface area (Å²) in [6.07, 6.45) is 5.92. The fourth-order valence-corrected chi connectivity index (χ4v) is 1.92. The van der Waals surface area contributed by atoms with Crippen molar-refractivity contribution in [2.45, 2.75) is 0 Å². The van der Waals surface area contributed by atoms with Gasteiger partial charge in [0.15, 0.2) is 0 Å². The van der Waals surface area contributed by atoms with Crippen LogP contribution >= 0.6 is 0 Å². The van der Waals surface area contributed by atoms with Crippen LogP contribution in [0.2, 0.25) is 0 Å². The second-order valence-corrected chi connectivity index (χ2v) is 3.82. The van der Waals surface area contributed by atoms with Crippen LogP contribution in [0, 0.1) is 0 Å². The molecule has 3 aromatic rings. The quantitative estimate of drug-likeness (QED) is 0.641. The molecule has 3 aromatic heterocycles. The monoisotopic (exact) mass is 243 g/mol. The first-order valence-corrected chi connectivity index (χ1v) is 5.25. The van der Waals surface area contributed by atoms with Gasteiger partial charge in [-0.1, -0.05) is 0 Å². The minimum absolute atomic E-state index is 0.279. The molecule has 0 aromatic carbocycles. The smallest absolute Gasteiger partial charge is 0.278 e. The van der Waals surface area contributed by atoms with E-state index in [2.05, 4.69) is 15.2 Å². The first-order chi connectivity index (χ1) is 8.70. The average molecular weight is 243 g/mol. The van der Waals surface area contributed by atoms with E-state index in [4.69, 9.17) is 0 Å². The number of pyridine rings is 1. The Kier molecular flexibility index (Phi) is 2.12. The van der Waals surface area contributed by atoms with Gasteiger partial charge in [-0.05, 0) is 6.07 Å². The molecule has 3 heterocycles. The molecule has 0 atom stereocenters. The van der Waals surface area contributed by atoms with Crippen molar-refractivity contribution in [3.05, 3.63) is 51.6 Å². The molecule has 7 nitrogen and oxygen atoms in total. The van der Waals surface area contributed by atoms with Crippen LogP contribution < -0.4 is 11.1 Å². The van der Waals surface area contributed by atoms with Crippen molar-refractivity contribution in [1.82, 2.24) is 24.5 Å². The Hall–Kier alpha value is -2.70. The minimum atomic E-state index is -0.282. The van der Waals surface area contributed by atoms with E-state index < -0.39 is 0 Å². The van der Waals surface area contributed by atoms with Crippen LogP contribution in [0.3, 0.4) is 0 Å².